The van der Waals surface area contributed by atoms with Crippen LogP contribution in [0.25, 0.3) is 16.6 Å². The van der Waals surface area contributed by atoms with E-state index in [1.165, 1.54) is 0 Å². The number of pyridine rings is 2. The fraction of sp³-hybridized carbons (Fsp3) is 0.318. The molecule has 1 aliphatic heterocycles. The SMILES string of the molecule is Cc1c(Cl)c(CN2CCC(c3nnc4ccccn34)CC2)nc2ccccc12. The van der Waals surface area contributed by atoms with Gasteiger partial charge >= 0.3 is 0 Å². The van der Waals surface area contributed by atoms with Gasteiger partial charge in [0.2, 0.25) is 0 Å². The number of hydrogen-bond donors (Lipinski definition) is 0. The first kappa shape index (κ1) is 17.6. The summed E-state index contributed by atoms with van der Waals surface area (Å²) in [6.07, 6.45) is 4.19. The molecular weight excluding hydrogens is 370 g/mol. The zero-order valence-electron chi connectivity index (χ0n) is 15.8. The number of aromatic nitrogens is 4. The van der Waals surface area contributed by atoms with Gasteiger partial charge in [-0.2, -0.15) is 0 Å². The van der Waals surface area contributed by atoms with Gasteiger partial charge in [0.25, 0.3) is 0 Å². The van der Waals surface area contributed by atoms with Gasteiger partial charge in [-0.05, 0) is 56.6 Å². The third-order valence-electron chi connectivity index (χ3n) is 5.81. The lowest BCUT2D eigenvalue weighted by Crippen LogP contribution is -2.33. The standard InChI is InChI=1S/C22H22ClN5/c1-15-17-6-2-3-7-18(17)24-19(21(15)23)14-27-12-9-16(10-13-27)22-26-25-20-8-4-5-11-28(20)22/h2-8,11,16H,9-10,12-14H2,1H3. The lowest BCUT2D eigenvalue weighted by atomic mass is 9.95. The lowest BCUT2D eigenvalue weighted by molar-refractivity contribution is 0.199. The Bertz CT molecular complexity index is 1140. The van der Waals surface area contributed by atoms with Crippen LogP contribution in [0.15, 0.2) is 48.7 Å². The number of hydrogen-bond acceptors (Lipinski definition) is 4. The predicted octanol–water partition coefficient (Wildman–Crippen LogP) is 4.62. The summed E-state index contributed by atoms with van der Waals surface area (Å²) >= 11 is 6.66. The van der Waals surface area contributed by atoms with Crippen molar-refractivity contribution in [2.45, 2.75) is 32.2 Å². The molecule has 4 aromatic rings. The Labute approximate surface area is 169 Å². The fourth-order valence-electron chi connectivity index (χ4n) is 4.22. The molecule has 1 aromatic carbocycles. The summed E-state index contributed by atoms with van der Waals surface area (Å²) in [5, 5.41) is 10.7. The molecule has 142 valence electrons. The summed E-state index contributed by atoms with van der Waals surface area (Å²) in [5.74, 6) is 1.52. The van der Waals surface area contributed by atoms with E-state index in [0.29, 0.717) is 5.92 Å². The average Bonchev–Trinajstić information content (AvgIpc) is 3.17. The highest BCUT2D eigenvalue weighted by atomic mass is 35.5. The molecule has 0 saturated carbocycles. The second kappa shape index (κ2) is 7.15. The van der Waals surface area contributed by atoms with E-state index in [1.807, 2.05) is 30.3 Å². The van der Waals surface area contributed by atoms with Crippen LogP contribution in [-0.4, -0.2) is 37.6 Å². The number of para-hydroxylation sites is 1. The maximum Gasteiger partial charge on any atom is 0.160 e. The first-order valence-electron chi connectivity index (χ1n) is 9.76. The van der Waals surface area contributed by atoms with E-state index in [-0.39, 0.29) is 0 Å². The van der Waals surface area contributed by atoms with E-state index in [9.17, 15) is 0 Å². The third-order valence-corrected chi connectivity index (χ3v) is 6.31. The van der Waals surface area contributed by atoms with Gasteiger partial charge in [0, 0.05) is 24.0 Å². The second-order valence-corrected chi connectivity index (χ2v) is 7.93. The van der Waals surface area contributed by atoms with Gasteiger partial charge in [0.15, 0.2) is 5.65 Å². The minimum Gasteiger partial charge on any atom is -0.297 e. The normalized spacial score (nSPS) is 16.2. The lowest BCUT2D eigenvalue weighted by Gasteiger charge is -2.31. The minimum absolute atomic E-state index is 0.440. The highest BCUT2D eigenvalue weighted by Crippen LogP contribution is 2.31. The zero-order chi connectivity index (χ0) is 19.1. The number of rotatable bonds is 3. The maximum atomic E-state index is 6.66. The monoisotopic (exact) mass is 391 g/mol. The van der Waals surface area contributed by atoms with E-state index in [0.717, 1.165) is 71.1 Å². The van der Waals surface area contributed by atoms with Crippen LogP contribution in [0.5, 0.6) is 0 Å². The smallest absolute Gasteiger partial charge is 0.160 e. The van der Waals surface area contributed by atoms with E-state index < -0.39 is 0 Å². The topological polar surface area (TPSA) is 46.3 Å². The van der Waals surface area contributed by atoms with E-state index >= 15 is 0 Å². The van der Waals surface area contributed by atoms with Gasteiger partial charge in [-0.25, -0.2) is 4.98 Å². The van der Waals surface area contributed by atoms with Crippen molar-refractivity contribution in [2.75, 3.05) is 13.1 Å². The molecular formula is C22H22ClN5. The molecule has 5 rings (SSSR count). The molecule has 1 saturated heterocycles. The van der Waals surface area contributed by atoms with Crippen LogP contribution >= 0.6 is 11.6 Å². The summed E-state index contributed by atoms with van der Waals surface area (Å²) in [6, 6.07) is 14.2. The Morgan fingerprint density at radius 3 is 2.68 bits per heavy atom. The van der Waals surface area contributed by atoms with Crippen molar-refractivity contribution < 1.29 is 0 Å². The van der Waals surface area contributed by atoms with Crippen LogP contribution in [-0.2, 0) is 6.54 Å². The van der Waals surface area contributed by atoms with Crippen LogP contribution in [0, 0.1) is 6.92 Å². The third kappa shape index (κ3) is 3.05. The number of piperidine rings is 1. The molecule has 0 spiro atoms. The summed E-state index contributed by atoms with van der Waals surface area (Å²) < 4.78 is 2.12. The molecule has 0 amide bonds. The molecule has 5 nitrogen and oxygen atoms in total. The number of nitrogens with zero attached hydrogens (tertiary/aromatic N) is 5. The van der Waals surface area contributed by atoms with Gasteiger partial charge in [0.1, 0.15) is 5.82 Å². The molecule has 3 aromatic heterocycles. The molecule has 4 heterocycles. The molecule has 0 unspecified atom stereocenters. The van der Waals surface area contributed by atoms with Gasteiger partial charge < -0.3 is 0 Å². The first-order valence-corrected chi connectivity index (χ1v) is 10.1. The highest BCUT2D eigenvalue weighted by molar-refractivity contribution is 6.32. The molecule has 0 bridgehead atoms. The van der Waals surface area contributed by atoms with Crippen molar-refractivity contribution in [1.82, 2.24) is 24.5 Å². The van der Waals surface area contributed by atoms with Crippen molar-refractivity contribution in [1.29, 1.82) is 0 Å². The van der Waals surface area contributed by atoms with Crippen LogP contribution in [0.2, 0.25) is 5.02 Å². The molecule has 28 heavy (non-hydrogen) atoms. The maximum absolute atomic E-state index is 6.66. The Hall–Kier alpha value is -2.50. The summed E-state index contributed by atoms with van der Waals surface area (Å²) in [4.78, 5) is 7.29. The van der Waals surface area contributed by atoms with E-state index in [2.05, 4.69) is 44.8 Å². The highest BCUT2D eigenvalue weighted by Gasteiger charge is 2.25. The largest absolute Gasteiger partial charge is 0.297 e. The van der Waals surface area contributed by atoms with Gasteiger partial charge in [-0.1, -0.05) is 35.9 Å². The molecule has 0 radical (unpaired) electrons. The quantitative estimate of drug-likeness (QED) is 0.511. The Morgan fingerprint density at radius 2 is 1.82 bits per heavy atom. The number of halogens is 1. The van der Waals surface area contributed by atoms with Crippen LogP contribution in [0.1, 0.15) is 35.8 Å². The second-order valence-electron chi connectivity index (χ2n) is 7.55. The Kier molecular flexibility index (Phi) is 4.49. The number of fused-ring (bicyclic) bond motifs is 2. The average molecular weight is 392 g/mol. The van der Waals surface area contributed by atoms with E-state index in [1.54, 1.807) is 0 Å². The molecule has 0 atom stereocenters. The first-order chi connectivity index (χ1) is 13.7. The molecule has 1 fully saturated rings. The summed E-state index contributed by atoms with van der Waals surface area (Å²) in [6.45, 7) is 4.89. The van der Waals surface area contributed by atoms with Gasteiger partial charge in [0.05, 0.1) is 16.2 Å². The van der Waals surface area contributed by atoms with Crippen LogP contribution in [0.4, 0.5) is 0 Å². The molecule has 6 heteroatoms. The summed E-state index contributed by atoms with van der Waals surface area (Å²) in [5.41, 5.74) is 4.03. The van der Waals surface area contributed by atoms with Crippen molar-refractivity contribution in [3.05, 3.63) is 70.8 Å². The molecule has 0 N–H and O–H groups in total. The predicted molar refractivity (Wildman–Crippen MR) is 112 cm³/mol. The molecule has 0 aliphatic carbocycles. The van der Waals surface area contributed by atoms with E-state index in [4.69, 9.17) is 16.6 Å². The van der Waals surface area contributed by atoms with Crippen molar-refractivity contribution in [3.63, 3.8) is 0 Å². The Morgan fingerprint density at radius 1 is 1.04 bits per heavy atom. The van der Waals surface area contributed by atoms with Crippen LogP contribution < -0.4 is 0 Å². The molecule has 1 aliphatic rings. The zero-order valence-corrected chi connectivity index (χ0v) is 16.6. The number of likely N-dealkylation sites (tertiary alicyclic amines) is 1. The fourth-order valence-corrected chi connectivity index (χ4v) is 4.43. The van der Waals surface area contributed by atoms with Gasteiger partial charge in [-0.3, -0.25) is 9.30 Å². The number of benzene rings is 1. The van der Waals surface area contributed by atoms with Crippen molar-refractivity contribution >= 4 is 28.2 Å². The van der Waals surface area contributed by atoms with Crippen molar-refractivity contribution in [2.24, 2.45) is 0 Å². The number of aryl methyl sites for hydroxylation is 1. The van der Waals surface area contributed by atoms with Gasteiger partial charge in [-0.15, -0.1) is 10.2 Å². The van der Waals surface area contributed by atoms with Crippen LogP contribution in [0.3, 0.4) is 0 Å². The Balaban J connectivity index is 1.33. The summed E-state index contributed by atoms with van der Waals surface area (Å²) in [7, 11) is 0. The van der Waals surface area contributed by atoms with Crippen molar-refractivity contribution in [3.8, 4) is 0 Å². The minimum atomic E-state index is 0.440.